The van der Waals surface area contributed by atoms with Crippen molar-refractivity contribution in [1.82, 2.24) is 0 Å². The van der Waals surface area contributed by atoms with Crippen LogP contribution in [0.3, 0.4) is 0 Å². The average molecular weight is 152 g/mol. The van der Waals surface area contributed by atoms with E-state index in [4.69, 9.17) is 5.73 Å². The van der Waals surface area contributed by atoms with Crippen molar-refractivity contribution in [3.05, 3.63) is 18.2 Å². The first-order valence-electron chi connectivity index (χ1n) is 3.37. The van der Waals surface area contributed by atoms with Crippen LogP contribution in [-0.4, -0.2) is 19.2 Å². The Balaban J connectivity index is 3.17. The molecule has 0 aliphatic heterocycles. The third-order valence-electron chi connectivity index (χ3n) is 1.54. The van der Waals surface area contributed by atoms with Crippen molar-refractivity contribution in [2.75, 3.05) is 24.7 Å². The highest BCUT2D eigenvalue weighted by Gasteiger charge is 2.03. The molecule has 3 heteroatoms. The Morgan fingerprint density at radius 3 is 2.45 bits per heavy atom. The minimum absolute atomic E-state index is 0.135. The number of nitrogen functional groups attached to an aromatic ring is 1. The zero-order valence-electron chi connectivity index (χ0n) is 6.70. The fourth-order valence-corrected chi connectivity index (χ4v) is 0.931. The van der Waals surface area contributed by atoms with Gasteiger partial charge in [-0.3, -0.25) is 0 Å². The Kier molecular flexibility index (Phi) is 1.89. The maximum atomic E-state index is 9.20. The van der Waals surface area contributed by atoms with Crippen LogP contribution >= 0.6 is 0 Å². The van der Waals surface area contributed by atoms with Crippen molar-refractivity contribution in [2.24, 2.45) is 0 Å². The van der Waals surface area contributed by atoms with E-state index in [9.17, 15) is 5.11 Å². The van der Waals surface area contributed by atoms with Crippen LogP contribution in [-0.2, 0) is 0 Å². The SMILES string of the molecule is CN(C)c1cccc(O)c1N. The second-order valence-electron chi connectivity index (χ2n) is 2.60. The Hall–Kier alpha value is -1.38. The van der Waals surface area contributed by atoms with E-state index >= 15 is 0 Å². The van der Waals surface area contributed by atoms with Gasteiger partial charge in [0.1, 0.15) is 5.75 Å². The monoisotopic (exact) mass is 152 g/mol. The Morgan fingerprint density at radius 1 is 1.36 bits per heavy atom. The lowest BCUT2D eigenvalue weighted by atomic mass is 10.2. The molecule has 1 rings (SSSR count). The van der Waals surface area contributed by atoms with Gasteiger partial charge in [-0.25, -0.2) is 0 Å². The van der Waals surface area contributed by atoms with E-state index in [1.165, 1.54) is 0 Å². The van der Waals surface area contributed by atoms with Gasteiger partial charge in [0.15, 0.2) is 0 Å². The van der Waals surface area contributed by atoms with Gasteiger partial charge in [0.25, 0.3) is 0 Å². The van der Waals surface area contributed by atoms with Gasteiger partial charge in [0, 0.05) is 14.1 Å². The van der Waals surface area contributed by atoms with Crippen LogP contribution < -0.4 is 10.6 Å². The molecule has 3 N–H and O–H groups in total. The van der Waals surface area contributed by atoms with E-state index in [0.29, 0.717) is 5.69 Å². The fraction of sp³-hybridized carbons (Fsp3) is 0.250. The van der Waals surface area contributed by atoms with Crippen LogP contribution in [0.2, 0.25) is 0 Å². The molecule has 0 saturated heterocycles. The van der Waals surface area contributed by atoms with Gasteiger partial charge in [0.05, 0.1) is 11.4 Å². The normalized spacial score (nSPS) is 9.64. The second-order valence-corrected chi connectivity index (χ2v) is 2.60. The summed E-state index contributed by atoms with van der Waals surface area (Å²) in [6.07, 6.45) is 0. The fourth-order valence-electron chi connectivity index (χ4n) is 0.931. The first kappa shape index (κ1) is 7.72. The molecule has 0 saturated carbocycles. The number of rotatable bonds is 1. The first-order chi connectivity index (χ1) is 5.13. The van der Waals surface area contributed by atoms with Crippen molar-refractivity contribution in [3.8, 4) is 5.75 Å². The van der Waals surface area contributed by atoms with Crippen molar-refractivity contribution >= 4 is 11.4 Å². The van der Waals surface area contributed by atoms with E-state index in [1.807, 2.05) is 25.1 Å². The molecule has 0 atom stereocenters. The van der Waals surface area contributed by atoms with Gasteiger partial charge in [-0.05, 0) is 12.1 Å². The summed E-state index contributed by atoms with van der Waals surface area (Å²) in [5.74, 6) is 0.135. The van der Waals surface area contributed by atoms with Crippen molar-refractivity contribution < 1.29 is 5.11 Å². The predicted molar refractivity (Wildman–Crippen MR) is 46.8 cm³/mol. The molecular formula is C8H12N2O. The van der Waals surface area contributed by atoms with E-state index in [-0.39, 0.29) is 5.75 Å². The number of phenols is 1. The van der Waals surface area contributed by atoms with E-state index in [1.54, 1.807) is 12.1 Å². The van der Waals surface area contributed by atoms with E-state index in [0.717, 1.165) is 5.69 Å². The van der Waals surface area contributed by atoms with Gasteiger partial charge in [-0.1, -0.05) is 6.07 Å². The van der Waals surface area contributed by atoms with Gasteiger partial charge >= 0.3 is 0 Å². The number of nitrogens with zero attached hydrogens (tertiary/aromatic N) is 1. The highest BCUT2D eigenvalue weighted by Crippen LogP contribution is 2.29. The number of nitrogens with two attached hydrogens (primary N) is 1. The lowest BCUT2D eigenvalue weighted by molar-refractivity contribution is 0.478. The molecule has 1 aromatic carbocycles. The highest BCUT2D eigenvalue weighted by molar-refractivity contribution is 5.72. The summed E-state index contributed by atoms with van der Waals surface area (Å²) in [6.45, 7) is 0. The maximum absolute atomic E-state index is 9.20. The van der Waals surface area contributed by atoms with Gasteiger partial charge in [-0.15, -0.1) is 0 Å². The topological polar surface area (TPSA) is 49.5 Å². The molecule has 0 aliphatic rings. The van der Waals surface area contributed by atoms with Crippen LogP contribution in [0.1, 0.15) is 0 Å². The number of anilines is 2. The molecule has 11 heavy (non-hydrogen) atoms. The Morgan fingerprint density at radius 2 is 2.00 bits per heavy atom. The van der Waals surface area contributed by atoms with Crippen LogP contribution in [0.25, 0.3) is 0 Å². The summed E-state index contributed by atoms with van der Waals surface area (Å²) in [7, 11) is 3.76. The predicted octanol–water partition coefficient (Wildman–Crippen LogP) is 1.04. The van der Waals surface area contributed by atoms with E-state index in [2.05, 4.69) is 0 Å². The number of hydrogen-bond donors (Lipinski definition) is 2. The Bertz CT molecular complexity index is 258. The molecule has 1 aromatic rings. The number of phenolic OH excluding ortho intramolecular Hbond substituents is 1. The third-order valence-corrected chi connectivity index (χ3v) is 1.54. The number of hydrogen-bond acceptors (Lipinski definition) is 3. The minimum atomic E-state index is 0.135. The van der Waals surface area contributed by atoms with Crippen LogP contribution in [0, 0.1) is 0 Å². The molecule has 0 amide bonds. The smallest absolute Gasteiger partial charge is 0.140 e. The quantitative estimate of drug-likeness (QED) is 0.467. The lowest BCUT2D eigenvalue weighted by Crippen LogP contribution is -2.10. The Labute approximate surface area is 66.1 Å². The molecule has 0 fully saturated rings. The van der Waals surface area contributed by atoms with Crippen LogP contribution in [0.5, 0.6) is 5.75 Å². The summed E-state index contributed by atoms with van der Waals surface area (Å²) >= 11 is 0. The molecule has 0 aromatic heterocycles. The highest BCUT2D eigenvalue weighted by atomic mass is 16.3. The van der Waals surface area contributed by atoms with Crippen molar-refractivity contribution in [2.45, 2.75) is 0 Å². The van der Waals surface area contributed by atoms with E-state index < -0.39 is 0 Å². The molecular weight excluding hydrogens is 140 g/mol. The van der Waals surface area contributed by atoms with Crippen LogP contribution in [0.15, 0.2) is 18.2 Å². The number of aromatic hydroxyl groups is 1. The molecule has 0 unspecified atom stereocenters. The molecule has 0 spiro atoms. The number of benzene rings is 1. The molecule has 60 valence electrons. The summed E-state index contributed by atoms with van der Waals surface area (Å²) < 4.78 is 0. The van der Waals surface area contributed by atoms with Gasteiger partial charge in [-0.2, -0.15) is 0 Å². The molecule has 0 aliphatic carbocycles. The summed E-state index contributed by atoms with van der Waals surface area (Å²) in [6, 6.07) is 5.19. The van der Waals surface area contributed by atoms with Crippen molar-refractivity contribution in [1.29, 1.82) is 0 Å². The summed E-state index contributed by atoms with van der Waals surface area (Å²) in [5, 5.41) is 9.20. The molecule has 0 heterocycles. The first-order valence-corrected chi connectivity index (χ1v) is 3.37. The largest absolute Gasteiger partial charge is 0.506 e. The molecule has 3 nitrogen and oxygen atoms in total. The van der Waals surface area contributed by atoms with Crippen molar-refractivity contribution in [3.63, 3.8) is 0 Å². The minimum Gasteiger partial charge on any atom is -0.506 e. The second kappa shape index (κ2) is 2.70. The zero-order chi connectivity index (χ0) is 8.43. The third kappa shape index (κ3) is 1.37. The summed E-state index contributed by atoms with van der Waals surface area (Å²) in [4.78, 5) is 1.86. The van der Waals surface area contributed by atoms with Crippen LogP contribution in [0.4, 0.5) is 11.4 Å². The maximum Gasteiger partial charge on any atom is 0.140 e. The molecule has 0 radical (unpaired) electrons. The van der Waals surface area contributed by atoms with Gasteiger partial charge in [0.2, 0.25) is 0 Å². The standard InChI is InChI=1S/C8H12N2O/c1-10(2)6-4-3-5-7(11)8(6)9/h3-5,11H,9H2,1-2H3. The summed E-state index contributed by atoms with van der Waals surface area (Å²) in [5.41, 5.74) is 6.86. The van der Waals surface area contributed by atoms with Gasteiger partial charge < -0.3 is 15.7 Å². The number of para-hydroxylation sites is 1. The zero-order valence-corrected chi connectivity index (χ0v) is 6.70. The lowest BCUT2D eigenvalue weighted by Gasteiger charge is -2.15. The average Bonchev–Trinajstić information content (AvgIpc) is 1.94. The molecule has 0 bridgehead atoms.